The number of hydrogen-bond acceptors (Lipinski definition) is 4. The van der Waals surface area contributed by atoms with Crippen molar-refractivity contribution in [3.8, 4) is 5.69 Å². The molecule has 0 saturated carbocycles. The van der Waals surface area contributed by atoms with Gasteiger partial charge in [0.15, 0.2) is 0 Å². The van der Waals surface area contributed by atoms with Gasteiger partial charge in [0.2, 0.25) is 17.7 Å². The molecule has 2 aliphatic rings. The van der Waals surface area contributed by atoms with Gasteiger partial charge in [-0.25, -0.2) is 4.68 Å². The summed E-state index contributed by atoms with van der Waals surface area (Å²) in [4.78, 5) is 39.4. The van der Waals surface area contributed by atoms with Gasteiger partial charge in [0.25, 0.3) is 0 Å². The smallest absolute Gasteiger partial charge is 0.243 e. The molecule has 0 saturated heterocycles. The third kappa shape index (κ3) is 2.47. The number of primary amides is 1. The predicted octanol–water partition coefficient (Wildman–Crippen LogP) is 1.99. The second-order valence-corrected chi connectivity index (χ2v) is 7.74. The molecule has 2 aliphatic heterocycles. The number of hydrogen-bond donors (Lipinski definition) is 2. The maximum absolute atomic E-state index is 13.7. The number of fused-ring (bicyclic) bond motifs is 4. The van der Waals surface area contributed by atoms with Gasteiger partial charge in [0.1, 0.15) is 17.8 Å². The number of rotatable bonds is 3. The van der Waals surface area contributed by atoms with Crippen LogP contribution in [0.25, 0.3) is 5.69 Å². The molecule has 1 atom stereocenters. The molecule has 5 rings (SSSR count). The normalized spacial score (nSPS) is 19.6. The number of carbonyl (C=O) groups excluding carboxylic acids is 3. The minimum absolute atomic E-state index is 0.0909. The fourth-order valence-corrected chi connectivity index (χ4v) is 4.55. The van der Waals surface area contributed by atoms with E-state index in [-0.39, 0.29) is 24.8 Å². The Balaban J connectivity index is 1.75. The van der Waals surface area contributed by atoms with Crippen LogP contribution in [0.4, 0.5) is 11.5 Å². The first-order chi connectivity index (χ1) is 14.4. The van der Waals surface area contributed by atoms with E-state index in [1.54, 1.807) is 59.4 Å². The van der Waals surface area contributed by atoms with Gasteiger partial charge in [0, 0.05) is 22.7 Å². The average Bonchev–Trinajstić information content (AvgIpc) is 3.23. The molecule has 150 valence electrons. The Morgan fingerprint density at radius 1 is 1.17 bits per heavy atom. The zero-order chi connectivity index (χ0) is 21.0. The number of carbonyl (C=O) groups is 3. The maximum Gasteiger partial charge on any atom is 0.243 e. The van der Waals surface area contributed by atoms with Gasteiger partial charge in [-0.3, -0.25) is 14.4 Å². The molecular formula is C21H16ClN5O3. The summed E-state index contributed by atoms with van der Waals surface area (Å²) in [6, 6.07) is 14.2. The lowest BCUT2D eigenvalue weighted by Crippen LogP contribution is -2.48. The van der Waals surface area contributed by atoms with Crippen molar-refractivity contribution in [2.75, 3.05) is 16.8 Å². The van der Waals surface area contributed by atoms with Crippen LogP contribution in [0.15, 0.2) is 54.7 Å². The van der Waals surface area contributed by atoms with Gasteiger partial charge in [-0.1, -0.05) is 35.9 Å². The summed E-state index contributed by atoms with van der Waals surface area (Å²) in [7, 11) is 0. The van der Waals surface area contributed by atoms with Crippen LogP contribution in [0.3, 0.4) is 0 Å². The van der Waals surface area contributed by atoms with Crippen LogP contribution in [-0.4, -0.2) is 34.0 Å². The van der Waals surface area contributed by atoms with Crippen molar-refractivity contribution >= 4 is 40.8 Å². The van der Waals surface area contributed by atoms with Gasteiger partial charge in [-0.2, -0.15) is 5.10 Å². The first kappa shape index (κ1) is 18.4. The molecule has 9 heteroatoms. The van der Waals surface area contributed by atoms with Crippen LogP contribution in [-0.2, 0) is 19.8 Å². The third-order valence-electron chi connectivity index (χ3n) is 5.54. The zero-order valence-corrected chi connectivity index (χ0v) is 16.4. The van der Waals surface area contributed by atoms with E-state index in [1.165, 1.54) is 4.90 Å². The van der Waals surface area contributed by atoms with Gasteiger partial charge in [0.05, 0.1) is 11.9 Å². The molecule has 1 aromatic heterocycles. The van der Waals surface area contributed by atoms with Crippen molar-refractivity contribution in [2.24, 2.45) is 5.73 Å². The van der Waals surface area contributed by atoms with Gasteiger partial charge < -0.3 is 16.0 Å². The third-order valence-corrected chi connectivity index (χ3v) is 5.78. The molecule has 1 spiro atoms. The van der Waals surface area contributed by atoms with Crippen molar-refractivity contribution in [1.29, 1.82) is 0 Å². The SMILES string of the molecule is NC(=O)CN1C(=O)[C@@]2(CC(=O)Nc3c2cnn3-c2cccc(Cl)c2)c2ccccc21. The Morgan fingerprint density at radius 2 is 1.97 bits per heavy atom. The number of nitrogens with one attached hydrogen (secondary N) is 1. The van der Waals surface area contributed by atoms with Gasteiger partial charge in [-0.15, -0.1) is 0 Å². The van der Waals surface area contributed by atoms with Crippen molar-refractivity contribution in [3.63, 3.8) is 0 Å². The number of nitrogens with zero attached hydrogens (tertiary/aromatic N) is 3. The number of amides is 3. The summed E-state index contributed by atoms with van der Waals surface area (Å²) in [6.45, 7) is -0.267. The molecule has 0 bridgehead atoms. The van der Waals surface area contributed by atoms with E-state index in [1.807, 2.05) is 0 Å². The molecule has 0 radical (unpaired) electrons. The highest BCUT2D eigenvalue weighted by atomic mass is 35.5. The Bertz CT molecular complexity index is 1240. The second kappa shape index (κ2) is 6.43. The van der Waals surface area contributed by atoms with E-state index < -0.39 is 11.3 Å². The Kier molecular flexibility index (Phi) is 3.94. The van der Waals surface area contributed by atoms with E-state index >= 15 is 0 Å². The van der Waals surface area contributed by atoms with E-state index in [0.29, 0.717) is 33.3 Å². The van der Waals surface area contributed by atoms with Crippen molar-refractivity contribution < 1.29 is 14.4 Å². The number of para-hydroxylation sites is 1. The molecule has 3 aromatic rings. The lowest BCUT2D eigenvalue weighted by atomic mass is 9.72. The summed E-state index contributed by atoms with van der Waals surface area (Å²) < 4.78 is 1.55. The number of benzene rings is 2. The van der Waals surface area contributed by atoms with E-state index in [0.717, 1.165) is 0 Å². The van der Waals surface area contributed by atoms with Crippen LogP contribution >= 0.6 is 11.6 Å². The molecule has 3 N–H and O–H groups in total. The Labute approximate surface area is 176 Å². The molecule has 3 amide bonds. The van der Waals surface area contributed by atoms with Crippen molar-refractivity contribution in [1.82, 2.24) is 9.78 Å². The summed E-state index contributed by atoms with van der Waals surface area (Å²) in [5, 5.41) is 7.79. The van der Waals surface area contributed by atoms with Gasteiger partial charge >= 0.3 is 0 Å². The largest absolute Gasteiger partial charge is 0.368 e. The van der Waals surface area contributed by atoms with Crippen LogP contribution in [0, 0.1) is 0 Å². The second-order valence-electron chi connectivity index (χ2n) is 7.30. The number of anilines is 2. The molecule has 2 aromatic carbocycles. The average molecular weight is 422 g/mol. The number of halogens is 1. The lowest BCUT2D eigenvalue weighted by Gasteiger charge is -2.32. The van der Waals surface area contributed by atoms with Crippen molar-refractivity contribution in [2.45, 2.75) is 11.8 Å². The fourth-order valence-electron chi connectivity index (χ4n) is 4.37. The topological polar surface area (TPSA) is 110 Å². The highest BCUT2D eigenvalue weighted by Gasteiger charge is 2.57. The van der Waals surface area contributed by atoms with Crippen LogP contribution in [0.5, 0.6) is 0 Å². The van der Waals surface area contributed by atoms with Crippen molar-refractivity contribution in [3.05, 3.63) is 70.9 Å². The zero-order valence-electron chi connectivity index (χ0n) is 15.6. The first-order valence-electron chi connectivity index (χ1n) is 9.26. The molecular weight excluding hydrogens is 406 g/mol. The Hall–Kier alpha value is -3.65. The predicted molar refractivity (Wildman–Crippen MR) is 111 cm³/mol. The molecule has 30 heavy (non-hydrogen) atoms. The number of nitrogens with two attached hydrogens (primary N) is 1. The monoisotopic (exact) mass is 421 g/mol. The molecule has 0 fully saturated rings. The molecule has 0 unspecified atom stereocenters. The summed E-state index contributed by atoms with van der Waals surface area (Å²) in [5.74, 6) is -0.928. The van der Waals surface area contributed by atoms with Crippen LogP contribution in [0.2, 0.25) is 5.02 Å². The van der Waals surface area contributed by atoms with E-state index in [2.05, 4.69) is 10.4 Å². The molecule has 0 aliphatic carbocycles. The van der Waals surface area contributed by atoms with Crippen LogP contribution in [0.1, 0.15) is 17.5 Å². The van der Waals surface area contributed by atoms with E-state index in [4.69, 9.17) is 17.3 Å². The summed E-state index contributed by atoms with van der Waals surface area (Å²) >= 11 is 6.12. The minimum atomic E-state index is -1.28. The van der Waals surface area contributed by atoms with Crippen LogP contribution < -0.4 is 16.0 Å². The minimum Gasteiger partial charge on any atom is -0.368 e. The van der Waals surface area contributed by atoms with Gasteiger partial charge in [-0.05, 0) is 29.8 Å². The number of aromatic nitrogens is 2. The molecule has 3 heterocycles. The quantitative estimate of drug-likeness (QED) is 0.673. The first-order valence-corrected chi connectivity index (χ1v) is 9.63. The van der Waals surface area contributed by atoms with E-state index in [9.17, 15) is 14.4 Å². The maximum atomic E-state index is 13.7. The summed E-state index contributed by atoms with van der Waals surface area (Å²) in [6.07, 6.45) is 1.49. The highest BCUT2D eigenvalue weighted by Crippen LogP contribution is 2.52. The lowest BCUT2D eigenvalue weighted by molar-refractivity contribution is -0.127. The highest BCUT2D eigenvalue weighted by molar-refractivity contribution is 6.30. The Morgan fingerprint density at radius 3 is 2.73 bits per heavy atom. The summed E-state index contributed by atoms with van der Waals surface area (Å²) in [5.41, 5.74) is 6.53. The fraction of sp³-hybridized carbons (Fsp3) is 0.143. The standard InChI is InChI=1S/C21H16ClN5O3/c22-12-4-3-5-13(8-12)27-19-15(10-24-27)21(9-18(29)25-19)14-6-1-2-7-16(14)26(20(21)30)11-17(23)28/h1-8,10H,9,11H2,(H2,23,28)(H,25,29)/t21-/m0/s1. The molecule has 8 nitrogen and oxygen atoms in total.